The number of aromatic nitrogens is 4. The van der Waals surface area contributed by atoms with Gasteiger partial charge < -0.3 is 4.98 Å². The molecular formula is C36H29IrN4-. The molecule has 41 heavy (non-hydrogen) atoms. The van der Waals surface area contributed by atoms with Crippen molar-refractivity contribution in [2.75, 3.05) is 0 Å². The van der Waals surface area contributed by atoms with Crippen LogP contribution in [0, 0.1) is 33.8 Å². The summed E-state index contributed by atoms with van der Waals surface area (Å²) >= 11 is 0. The molecular weight excluding hydrogens is 681 g/mol. The van der Waals surface area contributed by atoms with E-state index in [4.69, 9.17) is 4.98 Å². The summed E-state index contributed by atoms with van der Waals surface area (Å²) < 4.78 is 0. The second kappa shape index (κ2) is 12.1. The van der Waals surface area contributed by atoms with Gasteiger partial charge in [-0.15, -0.1) is 23.8 Å². The summed E-state index contributed by atoms with van der Waals surface area (Å²) in [4.78, 5) is 18.0. The molecule has 0 amide bonds. The molecule has 0 spiro atoms. The quantitative estimate of drug-likeness (QED) is 0.168. The smallest absolute Gasteiger partial charge is 0.164 e. The van der Waals surface area contributed by atoms with Crippen LogP contribution in [0.3, 0.4) is 0 Å². The monoisotopic (exact) mass is 710 g/mol. The van der Waals surface area contributed by atoms with Gasteiger partial charge in [-0.05, 0) is 50.1 Å². The number of hydrogen-bond acceptors (Lipinski definition) is 4. The molecule has 0 atom stereocenters. The van der Waals surface area contributed by atoms with Gasteiger partial charge in [0.05, 0.1) is 0 Å². The maximum atomic E-state index is 4.77. The molecule has 4 nitrogen and oxygen atoms in total. The number of nitrogens with zero attached hydrogens (tertiary/aromatic N) is 4. The molecule has 0 aliphatic rings. The third-order valence-electron chi connectivity index (χ3n) is 6.94. The van der Waals surface area contributed by atoms with E-state index in [9.17, 15) is 0 Å². The summed E-state index contributed by atoms with van der Waals surface area (Å²) in [5, 5.41) is 0. The fourth-order valence-corrected chi connectivity index (χ4v) is 5.25. The third-order valence-corrected chi connectivity index (χ3v) is 6.94. The minimum absolute atomic E-state index is 0. The van der Waals surface area contributed by atoms with Crippen molar-refractivity contribution in [1.82, 2.24) is 19.9 Å². The largest absolute Gasteiger partial charge is 0.304 e. The minimum Gasteiger partial charge on any atom is -0.304 e. The van der Waals surface area contributed by atoms with Crippen LogP contribution in [0.25, 0.3) is 56.0 Å². The first-order valence-corrected chi connectivity index (χ1v) is 13.4. The van der Waals surface area contributed by atoms with Crippen molar-refractivity contribution >= 4 is 0 Å². The molecule has 6 aromatic rings. The van der Waals surface area contributed by atoms with Crippen molar-refractivity contribution < 1.29 is 20.1 Å². The van der Waals surface area contributed by atoms with Crippen molar-refractivity contribution in [2.45, 2.75) is 27.7 Å². The topological polar surface area (TPSA) is 51.6 Å². The van der Waals surface area contributed by atoms with E-state index in [2.05, 4.69) is 114 Å². The zero-order valence-corrected chi connectivity index (χ0v) is 25.8. The number of hydrogen-bond donors (Lipinski definition) is 0. The van der Waals surface area contributed by atoms with E-state index in [0.29, 0.717) is 17.5 Å². The molecule has 6 rings (SSSR count). The maximum absolute atomic E-state index is 4.77. The van der Waals surface area contributed by atoms with Crippen LogP contribution in [0.1, 0.15) is 22.8 Å². The molecule has 0 aliphatic carbocycles. The van der Waals surface area contributed by atoms with Crippen LogP contribution in [0.15, 0.2) is 103 Å². The summed E-state index contributed by atoms with van der Waals surface area (Å²) in [7, 11) is 0. The Morgan fingerprint density at radius 2 is 1.20 bits per heavy atom. The summed E-state index contributed by atoms with van der Waals surface area (Å²) in [6, 6.07) is 37.7. The fraction of sp³-hybridized carbons (Fsp3) is 0.111. The maximum Gasteiger partial charge on any atom is 0.164 e. The predicted molar refractivity (Wildman–Crippen MR) is 163 cm³/mol. The summed E-state index contributed by atoms with van der Waals surface area (Å²) in [5.41, 5.74) is 12.2. The van der Waals surface area contributed by atoms with Gasteiger partial charge in [0.1, 0.15) is 11.6 Å². The standard InChI is InChI=1S/C36H29N4.Ir/c1-23-18-24(2)20-30(19-23)31-12-8-9-13-32(31)33-16-14-28(21-34(33)27-10-6-5-7-11-27)35-17-15-29(22-37-35)36-39-25(3)38-26(4)40-36;/h5-13,15-22H,1-4H3;/q-1;. The normalized spacial score (nSPS) is 10.7. The second-order valence-corrected chi connectivity index (χ2v) is 10.1. The molecule has 5 heteroatoms. The second-order valence-electron chi connectivity index (χ2n) is 10.1. The van der Waals surface area contributed by atoms with Crippen LogP contribution in [-0.4, -0.2) is 19.9 Å². The molecule has 4 aromatic carbocycles. The van der Waals surface area contributed by atoms with E-state index >= 15 is 0 Å². The SMILES string of the molecule is Cc1cc(C)cc(-c2ccccc2-c2c[c-]c(-c3ccc(-c4nc(C)nc(C)n4)cn3)cc2-c2ccccc2)c1.[Ir]. The zero-order valence-electron chi connectivity index (χ0n) is 23.4. The first-order valence-electron chi connectivity index (χ1n) is 13.4. The van der Waals surface area contributed by atoms with Gasteiger partial charge in [-0.2, -0.15) is 0 Å². The van der Waals surface area contributed by atoms with Gasteiger partial charge in [0.25, 0.3) is 0 Å². The zero-order chi connectivity index (χ0) is 27.6. The number of rotatable bonds is 5. The first kappa shape index (κ1) is 28.2. The number of pyridine rings is 1. The van der Waals surface area contributed by atoms with Gasteiger partial charge in [-0.25, -0.2) is 15.0 Å². The molecule has 0 saturated carbocycles. The first-order chi connectivity index (χ1) is 19.4. The summed E-state index contributed by atoms with van der Waals surface area (Å²) in [5.74, 6) is 2.03. The van der Waals surface area contributed by atoms with Crippen molar-refractivity contribution in [3.05, 3.63) is 132 Å². The molecule has 0 bridgehead atoms. The Balaban J connectivity index is 0.00000337. The van der Waals surface area contributed by atoms with Crippen LogP contribution in [0.2, 0.25) is 0 Å². The average Bonchev–Trinajstić information content (AvgIpc) is 2.96. The Hall–Kier alpha value is -4.31. The molecule has 2 aromatic heterocycles. The Kier molecular flexibility index (Phi) is 8.30. The van der Waals surface area contributed by atoms with Crippen LogP contribution >= 0.6 is 0 Å². The predicted octanol–water partition coefficient (Wildman–Crippen LogP) is 8.63. The van der Waals surface area contributed by atoms with Gasteiger partial charge >= 0.3 is 0 Å². The molecule has 203 valence electrons. The molecule has 1 radical (unpaired) electrons. The van der Waals surface area contributed by atoms with Crippen LogP contribution in [0.5, 0.6) is 0 Å². The Morgan fingerprint density at radius 3 is 1.85 bits per heavy atom. The van der Waals surface area contributed by atoms with E-state index in [1.165, 1.54) is 27.8 Å². The van der Waals surface area contributed by atoms with E-state index < -0.39 is 0 Å². The Bertz CT molecular complexity index is 1790. The van der Waals surface area contributed by atoms with Crippen molar-refractivity contribution in [1.29, 1.82) is 0 Å². The Labute approximate surface area is 255 Å². The summed E-state index contributed by atoms with van der Waals surface area (Å²) in [6.45, 7) is 8.05. The minimum atomic E-state index is 0. The van der Waals surface area contributed by atoms with Gasteiger partial charge in [-0.3, -0.25) is 0 Å². The molecule has 2 heterocycles. The van der Waals surface area contributed by atoms with E-state index in [0.717, 1.165) is 33.5 Å². The fourth-order valence-electron chi connectivity index (χ4n) is 5.25. The van der Waals surface area contributed by atoms with Gasteiger partial charge in [0, 0.05) is 31.9 Å². The van der Waals surface area contributed by atoms with E-state index in [1.54, 1.807) is 0 Å². The van der Waals surface area contributed by atoms with Crippen LogP contribution in [0.4, 0.5) is 0 Å². The van der Waals surface area contributed by atoms with E-state index in [-0.39, 0.29) is 20.1 Å². The van der Waals surface area contributed by atoms with Crippen LogP contribution < -0.4 is 0 Å². The van der Waals surface area contributed by atoms with Crippen molar-refractivity contribution in [3.8, 4) is 56.0 Å². The molecule has 0 unspecified atom stereocenters. The van der Waals surface area contributed by atoms with Crippen LogP contribution in [-0.2, 0) is 20.1 Å². The van der Waals surface area contributed by atoms with Crippen molar-refractivity contribution in [3.63, 3.8) is 0 Å². The van der Waals surface area contributed by atoms with Gasteiger partial charge in [-0.1, -0.05) is 113 Å². The molecule has 0 saturated heterocycles. The van der Waals surface area contributed by atoms with Gasteiger partial charge in [0.2, 0.25) is 0 Å². The third kappa shape index (κ3) is 6.07. The van der Waals surface area contributed by atoms with Gasteiger partial charge in [0.15, 0.2) is 5.82 Å². The van der Waals surface area contributed by atoms with E-state index in [1.807, 2.05) is 38.2 Å². The molecule has 0 fully saturated rings. The number of aryl methyl sites for hydroxylation is 4. The molecule has 0 N–H and O–H groups in total. The number of benzene rings is 4. The summed E-state index contributed by atoms with van der Waals surface area (Å²) in [6.07, 6.45) is 1.82. The molecule has 0 aliphatic heterocycles. The van der Waals surface area contributed by atoms with Crippen molar-refractivity contribution in [2.24, 2.45) is 0 Å². The average molecular weight is 710 g/mol. The Morgan fingerprint density at radius 1 is 0.537 bits per heavy atom.